The Labute approximate surface area is 159 Å². The van der Waals surface area contributed by atoms with Crippen LogP contribution >= 0.6 is 12.4 Å². The van der Waals surface area contributed by atoms with Crippen LogP contribution in [-0.2, 0) is 0 Å². The smallest absolute Gasteiger partial charge is 0.130 e. The van der Waals surface area contributed by atoms with Crippen molar-refractivity contribution in [2.24, 2.45) is 0 Å². The van der Waals surface area contributed by atoms with E-state index in [1.54, 1.807) is 6.20 Å². The summed E-state index contributed by atoms with van der Waals surface area (Å²) in [4.78, 5) is 8.71. The van der Waals surface area contributed by atoms with Crippen LogP contribution in [-0.4, -0.2) is 29.2 Å². The molecule has 3 aromatic rings. The van der Waals surface area contributed by atoms with E-state index in [1.165, 1.54) is 0 Å². The van der Waals surface area contributed by atoms with E-state index < -0.39 is 0 Å². The number of rotatable bonds is 4. The zero-order chi connectivity index (χ0) is 17.1. The Kier molecular flexibility index (Phi) is 5.91. The molecule has 1 saturated heterocycles. The molecule has 0 aliphatic carbocycles. The first-order valence-electron chi connectivity index (χ1n) is 8.73. The van der Waals surface area contributed by atoms with Crippen molar-refractivity contribution in [1.82, 2.24) is 15.3 Å². The maximum atomic E-state index is 6.15. The molecule has 1 fully saturated rings. The first-order valence-corrected chi connectivity index (χ1v) is 8.73. The number of aryl methyl sites for hydroxylation is 1. The molecule has 6 heteroatoms. The molecule has 2 N–H and O–H groups in total. The molecule has 3 heterocycles. The number of hydrogen-bond acceptors (Lipinski definition) is 5. The van der Waals surface area contributed by atoms with Gasteiger partial charge < -0.3 is 15.4 Å². The predicted octanol–water partition coefficient (Wildman–Crippen LogP) is 4.23. The van der Waals surface area contributed by atoms with Gasteiger partial charge in [0.25, 0.3) is 0 Å². The summed E-state index contributed by atoms with van der Waals surface area (Å²) in [5, 5.41) is 8.93. The van der Waals surface area contributed by atoms with E-state index in [9.17, 15) is 0 Å². The lowest BCUT2D eigenvalue weighted by Gasteiger charge is -2.24. The van der Waals surface area contributed by atoms with E-state index in [-0.39, 0.29) is 12.4 Å². The topological polar surface area (TPSA) is 59.1 Å². The van der Waals surface area contributed by atoms with Gasteiger partial charge in [0.15, 0.2) is 0 Å². The van der Waals surface area contributed by atoms with Gasteiger partial charge in [0.1, 0.15) is 17.7 Å². The van der Waals surface area contributed by atoms with Crippen molar-refractivity contribution in [3.63, 3.8) is 0 Å². The molecule has 1 aliphatic heterocycles. The van der Waals surface area contributed by atoms with E-state index in [1.807, 2.05) is 31.3 Å². The van der Waals surface area contributed by atoms with E-state index in [0.717, 1.165) is 59.7 Å². The van der Waals surface area contributed by atoms with Gasteiger partial charge in [0.05, 0.1) is 0 Å². The van der Waals surface area contributed by atoms with Gasteiger partial charge in [-0.15, -0.1) is 12.4 Å². The summed E-state index contributed by atoms with van der Waals surface area (Å²) in [7, 11) is 0. The maximum absolute atomic E-state index is 6.15. The highest BCUT2D eigenvalue weighted by Crippen LogP contribution is 2.25. The lowest BCUT2D eigenvalue weighted by atomic mass is 10.1. The third-order valence-corrected chi connectivity index (χ3v) is 4.45. The number of ether oxygens (including phenoxy) is 1. The van der Waals surface area contributed by atoms with Crippen molar-refractivity contribution in [3.05, 3.63) is 54.5 Å². The Morgan fingerprint density at radius 1 is 1.04 bits per heavy atom. The summed E-state index contributed by atoms with van der Waals surface area (Å²) >= 11 is 0. The minimum absolute atomic E-state index is 0. The molecular weight excluding hydrogens is 348 g/mol. The number of nitrogens with zero attached hydrogens (tertiary/aromatic N) is 2. The van der Waals surface area contributed by atoms with Crippen LogP contribution in [0.25, 0.3) is 10.8 Å². The van der Waals surface area contributed by atoms with E-state index >= 15 is 0 Å². The summed E-state index contributed by atoms with van der Waals surface area (Å²) < 4.78 is 6.15. The van der Waals surface area contributed by atoms with Crippen LogP contribution in [0.2, 0.25) is 0 Å². The summed E-state index contributed by atoms with van der Waals surface area (Å²) in [5.74, 6) is 1.74. The molecule has 1 aromatic carbocycles. The monoisotopic (exact) mass is 370 g/mol. The molecule has 1 aliphatic rings. The van der Waals surface area contributed by atoms with Crippen LogP contribution in [0.3, 0.4) is 0 Å². The van der Waals surface area contributed by atoms with Crippen LogP contribution in [0.5, 0.6) is 5.75 Å². The number of nitrogens with one attached hydrogen (secondary N) is 2. The van der Waals surface area contributed by atoms with Crippen molar-refractivity contribution in [1.29, 1.82) is 0 Å². The minimum atomic E-state index is 0. The molecule has 0 atom stereocenters. The zero-order valence-electron chi connectivity index (χ0n) is 14.7. The molecule has 136 valence electrons. The molecule has 0 bridgehead atoms. The molecule has 0 radical (unpaired) electrons. The summed E-state index contributed by atoms with van der Waals surface area (Å²) in [6.45, 7) is 4.03. The Hall–Kier alpha value is -2.37. The first-order chi connectivity index (χ1) is 12.3. The van der Waals surface area contributed by atoms with Crippen molar-refractivity contribution >= 4 is 34.7 Å². The van der Waals surface area contributed by atoms with Crippen molar-refractivity contribution in [3.8, 4) is 5.75 Å². The van der Waals surface area contributed by atoms with Crippen LogP contribution < -0.4 is 15.4 Å². The third-order valence-electron chi connectivity index (χ3n) is 4.45. The largest absolute Gasteiger partial charge is 0.490 e. The fourth-order valence-corrected chi connectivity index (χ4v) is 3.14. The van der Waals surface area contributed by atoms with Crippen molar-refractivity contribution in [2.45, 2.75) is 25.9 Å². The second kappa shape index (κ2) is 8.34. The van der Waals surface area contributed by atoms with Crippen LogP contribution in [0.1, 0.15) is 18.5 Å². The molecule has 5 nitrogen and oxygen atoms in total. The summed E-state index contributed by atoms with van der Waals surface area (Å²) in [5.41, 5.74) is 1.96. The third kappa shape index (κ3) is 4.42. The number of fused-ring (bicyclic) bond motifs is 1. The number of benzene rings is 1. The summed E-state index contributed by atoms with van der Waals surface area (Å²) in [6.07, 6.45) is 6.10. The molecule has 0 saturated carbocycles. The highest BCUT2D eigenvalue weighted by atomic mass is 35.5. The molecule has 0 unspecified atom stereocenters. The molecule has 26 heavy (non-hydrogen) atoms. The Balaban J connectivity index is 0.00000196. The fraction of sp³-hybridized carbons (Fsp3) is 0.300. The number of hydrogen-bond donors (Lipinski definition) is 2. The molecule has 0 amide bonds. The van der Waals surface area contributed by atoms with E-state index in [0.29, 0.717) is 6.10 Å². The minimum Gasteiger partial charge on any atom is -0.490 e. The van der Waals surface area contributed by atoms with E-state index in [2.05, 4.69) is 38.8 Å². The highest BCUT2D eigenvalue weighted by molar-refractivity contribution is 5.86. The van der Waals surface area contributed by atoms with Crippen LogP contribution in [0, 0.1) is 6.92 Å². The van der Waals surface area contributed by atoms with Crippen LogP contribution in [0.4, 0.5) is 11.5 Å². The lowest BCUT2D eigenvalue weighted by Crippen LogP contribution is -2.34. The Bertz CT molecular complexity index is 881. The zero-order valence-corrected chi connectivity index (χ0v) is 15.6. The van der Waals surface area contributed by atoms with Crippen molar-refractivity contribution < 1.29 is 4.74 Å². The molecule has 0 spiro atoms. The highest BCUT2D eigenvalue weighted by Gasteiger charge is 2.14. The second-order valence-electron chi connectivity index (χ2n) is 6.46. The Morgan fingerprint density at radius 3 is 2.69 bits per heavy atom. The standard InChI is InChI=1S/C20H22N4O.ClH/c1-14-10-17(4-9-22-14)24-20-12-16-11-19(3-2-15(16)13-23-20)25-18-5-7-21-8-6-18;/h2-4,9-13,18,21H,5-8H2,1H3,(H,22,23,24);1H. The average Bonchev–Trinajstić information content (AvgIpc) is 2.62. The molecule has 2 aromatic heterocycles. The fourth-order valence-electron chi connectivity index (χ4n) is 3.14. The second-order valence-corrected chi connectivity index (χ2v) is 6.46. The van der Waals surface area contributed by atoms with Gasteiger partial charge in [-0.25, -0.2) is 4.98 Å². The van der Waals surface area contributed by atoms with Gasteiger partial charge in [-0.2, -0.15) is 0 Å². The number of aromatic nitrogens is 2. The number of anilines is 2. The van der Waals surface area contributed by atoms with Gasteiger partial charge in [0.2, 0.25) is 0 Å². The normalized spacial score (nSPS) is 14.7. The van der Waals surface area contributed by atoms with Gasteiger partial charge in [-0.05, 0) is 74.6 Å². The summed E-state index contributed by atoms with van der Waals surface area (Å²) in [6, 6.07) is 12.2. The SMILES string of the molecule is Cc1cc(Nc2cc3cc(OC4CCNCC4)ccc3cn2)ccn1.Cl. The van der Waals surface area contributed by atoms with Crippen molar-refractivity contribution in [2.75, 3.05) is 18.4 Å². The average molecular weight is 371 g/mol. The van der Waals surface area contributed by atoms with Gasteiger partial charge >= 0.3 is 0 Å². The quantitative estimate of drug-likeness (QED) is 0.719. The predicted molar refractivity (Wildman–Crippen MR) is 108 cm³/mol. The van der Waals surface area contributed by atoms with E-state index in [4.69, 9.17) is 4.74 Å². The van der Waals surface area contributed by atoms with Gasteiger partial charge in [0, 0.05) is 29.2 Å². The van der Waals surface area contributed by atoms with Gasteiger partial charge in [-0.1, -0.05) is 0 Å². The number of piperidine rings is 1. The molecular formula is C20H23ClN4O. The number of halogens is 1. The van der Waals surface area contributed by atoms with Gasteiger partial charge in [-0.3, -0.25) is 4.98 Å². The lowest BCUT2D eigenvalue weighted by molar-refractivity contribution is 0.162. The first kappa shape index (κ1) is 18.4. The number of pyridine rings is 2. The Morgan fingerprint density at radius 2 is 1.88 bits per heavy atom. The van der Waals surface area contributed by atoms with Crippen LogP contribution in [0.15, 0.2) is 48.8 Å². The maximum Gasteiger partial charge on any atom is 0.130 e. The molecule has 4 rings (SSSR count).